The van der Waals surface area contributed by atoms with E-state index in [1.165, 1.54) is 18.2 Å². The van der Waals surface area contributed by atoms with E-state index in [4.69, 9.17) is 21.1 Å². The molecule has 7 heteroatoms. The lowest BCUT2D eigenvalue weighted by molar-refractivity contribution is 0.0696. The maximum atomic E-state index is 12.7. The number of carbonyl (C=O) groups is 2. The summed E-state index contributed by atoms with van der Waals surface area (Å²) in [6, 6.07) is 19.6. The van der Waals surface area contributed by atoms with Crippen LogP contribution in [0.5, 0.6) is 0 Å². The van der Waals surface area contributed by atoms with E-state index in [-0.39, 0.29) is 16.3 Å². The second-order valence-corrected chi connectivity index (χ2v) is 6.93. The summed E-state index contributed by atoms with van der Waals surface area (Å²) in [7, 11) is 0. The molecule has 0 spiro atoms. The van der Waals surface area contributed by atoms with Gasteiger partial charge >= 0.3 is 11.6 Å². The lowest BCUT2D eigenvalue weighted by atomic mass is 10.0. The van der Waals surface area contributed by atoms with Gasteiger partial charge in [0.2, 0.25) is 0 Å². The number of anilines is 1. The first-order chi connectivity index (χ1) is 14.4. The SMILES string of the molecule is O=C(Nc1ccc(Cl)c(C(=O)O)c1)c1cccc(-c2cc3ccccc3oc2=O)c1. The van der Waals surface area contributed by atoms with Crippen LogP contribution in [0.15, 0.2) is 82.0 Å². The van der Waals surface area contributed by atoms with E-state index < -0.39 is 17.5 Å². The number of carboxylic acids is 1. The number of para-hydroxylation sites is 1. The summed E-state index contributed by atoms with van der Waals surface area (Å²) < 4.78 is 5.37. The summed E-state index contributed by atoms with van der Waals surface area (Å²) in [6.45, 7) is 0. The number of nitrogens with one attached hydrogen (secondary N) is 1. The van der Waals surface area contributed by atoms with Crippen molar-refractivity contribution >= 4 is 40.1 Å². The number of hydrogen-bond donors (Lipinski definition) is 2. The van der Waals surface area contributed by atoms with Gasteiger partial charge in [-0.3, -0.25) is 4.79 Å². The minimum absolute atomic E-state index is 0.0746. The molecule has 1 aromatic heterocycles. The average Bonchev–Trinajstić information content (AvgIpc) is 2.74. The molecule has 0 aliphatic carbocycles. The Kier molecular flexibility index (Phi) is 5.08. The van der Waals surface area contributed by atoms with E-state index >= 15 is 0 Å². The molecule has 0 radical (unpaired) electrons. The van der Waals surface area contributed by atoms with Crippen molar-refractivity contribution in [1.82, 2.24) is 0 Å². The topological polar surface area (TPSA) is 96.6 Å². The first-order valence-electron chi connectivity index (χ1n) is 8.90. The van der Waals surface area contributed by atoms with E-state index in [9.17, 15) is 14.4 Å². The predicted octanol–water partition coefficient (Wildman–Crippen LogP) is 5.06. The fourth-order valence-corrected chi connectivity index (χ4v) is 3.26. The Morgan fingerprint density at radius 2 is 1.73 bits per heavy atom. The summed E-state index contributed by atoms with van der Waals surface area (Å²) in [5.41, 5.74) is 1.32. The molecule has 1 heterocycles. The number of halogens is 1. The first-order valence-corrected chi connectivity index (χ1v) is 9.28. The lowest BCUT2D eigenvalue weighted by Crippen LogP contribution is -2.13. The van der Waals surface area contributed by atoms with Gasteiger partial charge in [-0.1, -0.05) is 41.9 Å². The molecule has 1 amide bonds. The summed E-state index contributed by atoms with van der Waals surface area (Å²) in [5.74, 6) is -1.65. The number of hydrogen-bond acceptors (Lipinski definition) is 4. The molecule has 2 N–H and O–H groups in total. The molecule has 0 atom stereocenters. The number of carbonyl (C=O) groups excluding carboxylic acids is 1. The van der Waals surface area contributed by atoms with Crippen LogP contribution < -0.4 is 10.9 Å². The van der Waals surface area contributed by atoms with Crippen molar-refractivity contribution in [3.8, 4) is 11.1 Å². The molecule has 0 saturated carbocycles. The average molecular weight is 420 g/mol. The van der Waals surface area contributed by atoms with Gasteiger partial charge in [-0.05, 0) is 48.0 Å². The molecular weight excluding hydrogens is 406 g/mol. The Labute approximate surface area is 175 Å². The van der Waals surface area contributed by atoms with Crippen LogP contribution in [0.25, 0.3) is 22.1 Å². The highest BCUT2D eigenvalue weighted by molar-refractivity contribution is 6.33. The third kappa shape index (κ3) is 3.81. The molecule has 0 bridgehead atoms. The molecular formula is C23H14ClNO5. The normalized spacial score (nSPS) is 10.7. The highest BCUT2D eigenvalue weighted by Gasteiger charge is 2.14. The Bertz CT molecular complexity index is 1360. The molecule has 30 heavy (non-hydrogen) atoms. The Hall–Kier alpha value is -3.90. The number of aromatic carboxylic acids is 1. The maximum absolute atomic E-state index is 12.7. The molecule has 4 aromatic rings. The van der Waals surface area contributed by atoms with Crippen LogP contribution in [0.1, 0.15) is 20.7 Å². The van der Waals surface area contributed by atoms with Crippen LogP contribution in [0.3, 0.4) is 0 Å². The standard InChI is InChI=1S/C23H14ClNO5/c24-19-9-8-16(12-18(19)22(27)28)25-21(26)15-6-3-5-13(10-15)17-11-14-4-1-2-7-20(14)30-23(17)29/h1-12H,(H,25,26)(H,27,28). The minimum atomic E-state index is -1.19. The van der Waals surface area contributed by atoms with E-state index in [1.54, 1.807) is 42.5 Å². The van der Waals surface area contributed by atoms with Crippen molar-refractivity contribution in [3.63, 3.8) is 0 Å². The van der Waals surface area contributed by atoms with E-state index in [1.807, 2.05) is 12.1 Å². The van der Waals surface area contributed by atoms with Gasteiger partial charge in [0.05, 0.1) is 16.1 Å². The quantitative estimate of drug-likeness (QED) is 0.450. The third-order valence-corrected chi connectivity index (χ3v) is 4.86. The van der Waals surface area contributed by atoms with Crippen LogP contribution in [0.4, 0.5) is 5.69 Å². The molecule has 0 aliphatic rings. The van der Waals surface area contributed by atoms with Crippen LogP contribution in [0.2, 0.25) is 5.02 Å². The largest absolute Gasteiger partial charge is 0.478 e. The van der Waals surface area contributed by atoms with E-state index in [0.717, 1.165) is 5.39 Å². The number of rotatable bonds is 4. The third-order valence-electron chi connectivity index (χ3n) is 4.53. The Balaban J connectivity index is 1.66. The summed E-state index contributed by atoms with van der Waals surface area (Å²) in [5, 5.41) is 12.7. The first kappa shape index (κ1) is 19.4. The molecule has 148 valence electrons. The van der Waals surface area contributed by atoms with Crippen molar-refractivity contribution < 1.29 is 19.1 Å². The van der Waals surface area contributed by atoms with Crippen LogP contribution in [-0.2, 0) is 0 Å². The molecule has 3 aromatic carbocycles. The molecule has 0 aliphatic heterocycles. The lowest BCUT2D eigenvalue weighted by Gasteiger charge is -2.09. The molecule has 0 fully saturated rings. The van der Waals surface area contributed by atoms with E-state index in [2.05, 4.69) is 5.32 Å². The number of carboxylic acid groups (broad SMARTS) is 1. The van der Waals surface area contributed by atoms with Gasteiger partial charge in [-0.25, -0.2) is 9.59 Å². The van der Waals surface area contributed by atoms with Crippen molar-refractivity contribution in [2.75, 3.05) is 5.32 Å². The van der Waals surface area contributed by atoms with Crippen LogP contribution in [0, 0.1) is 0 Å². The maximum Gasteiger partial charge on any atom is 0.344 e. The molecule has 0 saturated heterocycles. The summed E-state index contributed by atoms with van der Waals surface area (Å²) >= 11 is 5.86. The smallest absolute Gasteiger partial charge is 0.344 e. The van der Waals surface area contributed by atoms with Gasteiger partial charge in [0.1, 0.15) is 5.58 Å². The highest BCUT2D eigenvalue weighted by Crippen LogP contribution is 2.24. The zero-order valence-electron chi connectivity index (χ0n) is 15.4. The van der Waals surface area contributed by atoms with Crippen molar-refractivity contribution in [3.05, 3.63) is 99.4 Å². The number of amides is 1. The second-order valence-electron chi connectivity index (χ2n) is 6.52. The fourth-order valence-electron chi connectivity index (χ4n) is 3.06. The summed E-state index contributed by atoms with van der Waals surface area (Å²) in [4.78, 5) is 36.3. The zero-order chi connectivity index (χ0) is 21.3. The molecule has 0 unspecified atom stereocenters. The predicted molar refractivity (Wildman–Crippen MR) is 114 cm³/mol. The number of fused-ring (bicyclic) bond motifs is 1. The zero-order valence-corrected chi connectivity index (χ0v) is 16.1. The molecule has 4 rings (SSSR count). The Morgan fingerprint density at radius 3 is 2.53 bits per heavy atom. The fraction of sp³-hybridized carbons (Fsp3) is 0. The Morgan fingerprint density at radius 1 is 0.933 bits per heavy atom. The minimum Gasteiger partial charge on any atom is -0.478 e. The van der Waals surface area contributed by atoms with Gasteiger partial charge in [-0.2, -0.15) is 0 Å². The van der Waals surface area contributed by atoms with Crippen LogP contribution >= 0.6 is 11.6 Å². The van der Waals surface area contributed by atoms with Gasteiger partial charge in [0.15, 0.2) is 0 Å². The van der Waals surface area contributed by atoms with E-state index in [0.29, 0.717) is 22.3 Å². The van der Waals surface area contributed by atoms with Crippen LogP contribution in [-0.4, -0.2) is 17.0 Å². The second kappa shape index (κ2) is 7.85. The summed E-state index contributed by atoms with van der Waals surface area (Å²) in [6.07, 6.45) is 0. The van der Waals surface area contributed by atoms with Crippen molar-refractivity contribution in [2.45, 2.75) is 0 Å². The van der Waals surface area contributed by atoms with Crippen molar-refractivity contribution in [1.29, 1.82) is 0 Å². The van der Waals surface area contributed by atoms with Gasteiger partial charge in [0, 0.05) is 16.6 Å². The van der Waals surface area contributed by atoms with Gasteiger partial charge in [-0.15, -0.1) is 0 Å². The molecule has 6 nitrogen and oxygen atoms in total. The van der Waals surface area contributed by atoms with Gasteiger partial charge < -0.3 is 14.8 Å². The van der Waals surface area contributed by atoms with Crippen molar-refractivity contribution in [2.24, 2.45) is 0 Å². The van der Waals surface area contributed by atoms with Gasteiger partial charge in [0.25, 0.3) is 5.91 Å². The monoisotopic (exact) mass is 419 g/mol. The number of benzene rings is 3. The highest BCUT2D eigenvalue weighted by atomic mass is 35.5.